The molecular weight excluding hydrogens is 519 g/mol. The highest BCUT2D eigenvalue weighted by atomic mass is 35.5. The molecule has 3 N–H and O–H groups in total. The Kier molecular flexibility index (Phi) is 10.1. The number of benzene rings is 3. The van der Waals surface area contributed by atoms with Gasteiger partial charge in [-0.1, -0.05) is 48.0 Å². The van der Waals surface area contributed by atoms with Crippen LogP contribution in [-0.2, 0) is 14.4 Å². The highest BCUT2D eigenvalue weighted by molar-refractivity contribution is 6.39. The van der Waals surface area contributed by atoms with Crippen molar-refractivity contribution in [1.82, 2.24) is 5.43 Å². The van der Waals surface area contributed by atoms with Gasteiger partial charge in [0.1, 0.15) is 18.1 Å². The van der Waals surface area contributed by atoms with Crippen molar-refractivity contribution in [3.63, 3.8) is 0 Å². The van der Waals surface area contributed by atoms with Gasteiger partial charge in [0, 0.05) is 10.7 Å². The molecule has 9 nitrogen and oxygen atoms in total. The van der Waals surface area contributed by atoms with Crippen molar-refractivity contribution in [3.8, 4) is 11.5 Å². The van der Waals surface area contributed by atoms with Gasteiger partial charge in [-0.3, -0.25) is 14.4 Å². The Morgan fingerprint density at radius 1 is 0.892 bits per heavy atom. The van der Waals surface area contributed by atoms with Crippen LogP contribution in [0.25, 0.3) is 0 Å². The highest BCUT2D eigenvalue weighted by Crippen LogP contribution is 2.25. The molecule has 0 heterocycles. The summed E-state index contributed by atoms with van der Waals surface area (Å²) in [6.07, 6.45) is 2.95. The molecule has 0 spiro atoms. The number of nitrogens with one attached hydrogen (secondary N) is 3. The lowest BCUT2D eigenvalue weighted by molar-refractivity contribution is -0.136. The summed E-state index contributed by atoms with van der Waals surface area (Å²) in [6, 6.07) is 17.9. The van der Waals surface area contributed by atoms with Gasteiger partial charge in [-0.2, -0.15) is 5.10 Å². The van der Waals surface area contributed by atoms with Crippen LogP contribution < -0.4 is 25.5 Å². The summed E-state index contributed by atoms with van der Waals surface area (Å²) in [5.74, 6) is -1.26. The fraction of sp³-hybridized carbons (Fsp3) is 0.0769. The molecule has 0 saturated carbocycles. The SMILES string of the molecule is C=CCOc1ccc(NC(=O)C(=O)N/N=C\c2cccc(OCC(=O)Nc3ccc(Cl)cc3Cl)c2)cc1. The Morgan fingerprint density at radius 3 is 2.41 bits per heavy atom. The minimum Gasteiger partial charge on any atom is -0.490 e. The second-order valence-electron chi connectivity index (χ2n) is 7.31. The van der Waals surface area contributed by atoms with E-state index in [2.05, 4.69) is 27.7 Å². The number of hydrogen-bond donors (Lipinski definition) is 3. The minimum atomic E-state index is -0.951. The number of hydrogen-bond acceptors (Lipinski definition) is 6. The zero-order chi connectivity index (χ0) is 26.6. The number of amides is 3. The topological polar surface area (TPSA) is 118 Å². The van der Waals surface area contributed by atoms with Gasteiger partial charge in [0.25, 0.3) is 5.91 Å². The Hall–Kier alpha value is -4.34. The van der Waals surface area contributed by atoms with Gasteiger partial charge in [-0.25, -0.2) is 5.43 Å². The molecule has 3 aromatic rings. The zero-order valence-electron chi connectivity index (χ0n) is 19.4. The van der Waals surface area contributed by atoms with Gasteiger partial charge in [0.2, 0.25) is 0 Å². The summed E-state index contributed by atoms with van der Waals surface area (Å²) in [5.41, 5.74) is 3.55. The first-order valence-electron chi connectivity index (χ1n) is 10.8. The van der Waals surface area contributed by atoms with Crippen LogP contribution in [0.3, 0.4) is 0 Å². The molecule has 3 amide bonds. The maximum atomic E-state index is 12.2. The van der Waals surface area contributed by atoms with E-state index in [-0.39, 0.29) is 6.61 Å². The quantitative estimate of drug-likeness (QED) is 0.149. The summed E-state index contributed by atoms with van der Waals surface area (Å²) < 4.78 is 10.9. The third-order valence-electron chi connectivity index (χ3n) is 4.50. The van der Waals surface area contributed by atoms with Crippen LogP contribution in [0.1, 0.15) is 5.56 Å². The van der Waals surface area contributed by atoms with Gasteiger partial charge in [0.05, 0.1) is 16.9 Å². The number of anilines is 2. The lowest BCUT2D eigenvalue weighted by Gasteiger charge is -2.09. The van der Waals surface area contributed by atoms with Crippen molar-refractivity contribution in [2.45, 2.75) is 0 Å². The second kappa shape index (κ2) is 13.7. The van der Waals surface area contributed by atoms with Crippen LogP contribution in [0.5, 0.6) is 11.5 Å². The van der Waals surface area contributed by atoms with Gasteiger partial charge < -0.3 is 20.1 Å². The van der Waals surface area contributed by atoms with E-state index < -0.39 is 17.7 Å². The van der Waals surface area contributed by atoms with E-state index in [0.29, 0.717) is 45.1 Å². The Balaban J connectivity index is 1.46. The molecule has 0 aliphatic rings. The van der Waals surface area contributed by atoms with E-state index in [0.717, 1.165) is 0 Å². The van der Waals surface area contributed by atoms with Crippen LogP contribution in [0, 0.1) is 0 Å². The smallest absolute Gasteiger partial charge is 0.329 e. The highest BCUT2D eigenvalue weighted by Gasteiger charge is 2.13. The third-order valence-corrected chi connectivity index (χ3v) is 5.05. The van der Waals surface area contributed by atoms with Gasteiger partial charge >= 0.3 is 11.8 Å². The molecule has 3 aromatic carbocycles. The van der Waals surface area contributed by atoms with Crippen LogP contribution in [-0.4, -0.2) is 37.1 Å². The summed E-state index contributed by atoms with van der Waals surface area (Å²) in [5, 5.41) is 9.64. The molecule has 0 bridgehead atoms. The fourth-order valence-corrected chi connectivity index (χ4v) is 3.26. The largest absolute Gasteiger partial charge is 0.490 e. The van der Waals surface area contributed by atoms with Crippen molar-refractivity contribution in [1.29, 1.82) is 0 Å². The molecule has 0 radical (unpaired) electrons. The average molecular weight is 541 g/mol. The zero-order valence-corrected chi connectivity index (χ0v) is 20.9. The molecule has 0 aliphatic carbocycles. The van der Waals surface area contributed by atoms with Crippen molar-refractivity contribution >= 4 is 58.5 Å². The number of carbonyl (C=O) groups excluding carboxylic acids is 3. The standard InChI is InChI=1S/C26H22Cl2N4O5/c1-2-12-36-20-9-7-19(8-10-20)30-25(34)26(35)32-29-15-17-4-3-5-21(13-17)37-16-24(33)31-23-11-6-18(27)14-22(23)28/h2-11,13-15H,1,12,16H2,(H,30,34)(H,31,33)(H,32,35)/b29-15-. The third kappa shape index (κ3) is 8.99. The van der Waals surface area contributed by atoms with Crippen molar-refractivity contribution < 1.29 is 23.9 Å². The number of rotatable bonds is 10. The summed E-state index contributed by atoms with van der Waals surface area (Å²) in [4.78, 5) is 36.3. The average Bonchev–Trinajstić information content (AvgIpc) is 2.89. The molecule has 37 heavy (non-hydrogen) atoms. The first-order chi connectivity index (χ1) is 17.8. The maximum Gasteiger partial charge on any atom is 0.329 e. The molecule has 0 saturated heterocycles. The van der Waals surface area contributed by atoms with E-state index in [1.807, 2.05) is 0 Å². The molecule has 11 heteroatoms. The fourth-order valence-electron chi connectivity index (χ4n) is 2.80. The molecule has 0 unspecified atom stereocenters. The number of carbonyl (C=O) groups is 3. The first kappa shape index (κ1) is 27.3. The van der Waals surface area contributed by atoms with E-state index >= 15 is 0 Å². The molecule has 190 valence electrons. The number of nitrogens with zero attached hydrogens (tertiary/aromatic N) is 1. The van der Waals surface area contributed by atoms with Crippen LogP contribution in [0.15, 0.2) is 84.5 Å². The second-order valence-corrected chi connectivity index (χ2v) is 8.15. The molecular formula is C26H22Cl2N4O5. The number of hydrazone groups is 1. The van der Waals surface area contributed by atoms with E-state index in [9.17, 15) is 14.4 Å². The van der Waals surface area contributed by atoms with E-state index in [4.69, 9.17) is 32.7 Å². The predicted molar refractivity (Wildman–Crippen MR) is 144 cm³/mol. The molecule has 0 aromatic heterocycles. The Labute approximate surface area is 223 Å². The van der Waals surface area contributed by atoms with Crippen molar-refractivity contribution in [3.05, 3.63) is 95.0 Å². The minimum absolute atomic E-state index is 0.266. The van der Waals surface area contributed by atoms with Gasteiger partial charge in [-0.05, 0) is 60.2 Å². The van der Waals surface area contributed by atoms with Gasteiger partial charge in [0.15, 0.2) is 6.61 Å². The van der Waals surface area contributed by atoms with Gasteiger partial charge in [-0.15, -0.1) is 0 Å². The van der Waals surface area contributed by atoms with Crippen LogP contribution >= 0.6 is 23.2 Å². The predicted octanol–water partition coefficient (Wildman–Crippen LogP) is 4.66. The van der Waals surface area contributed by atoms with Crippen molar-refractivity contribution in [2.24, 2.45) is 5.10 Å². The molecule has 0 atom stereocenters. The van der Waals surface area contributed by atoms with E-state index in [1.54, 1.807) is 66.7 Å². The summed E-state index contributed by atoms with van der Waals surface area (Å²) >= 11 is 11.9. The number of halogens is 2. The number of ether oxygens (including phenoxy) is 2. The molecule has 0 fully saturated rings. The normalized spacial score (nSPS) is 10.4. The Morgan fingerprint density at radius 2 is 1.68 bits per heavy atom. The van der Waals surface area contributed by atoms with E-state index in [1.165, 1.54) is 12.3 Å². The molecule has 0 aliphatic heterocycles. The van der Waals surface area contributed by atoms with Crippen molar-refractivity contribution in [2.75, 3.05) is 23.8 Å². The maximum absolute atomic E-state index is 12.2. The Bertz CT molecular complexity index is 1310. The summed E-state index contributed by atoms with van der Waals surface area (Å²) in [7, 11) is 0. The lowest BCUT2D eigenvalue weighted by Crippen LogP contribution is -2.32. The van der Waals surface area contributed by atoms with Crippen LogP contribution in [0.2, 0.25) is 10.0 Å². The van der Waals surface area contributed by atoms with Crippen LogP contribution in [0.4, 0.5) is 11.4 Å². The monoisotopic (exact) mass is 540 g/mol. The lowest BCUT2D eigenvalue weighted by atomic mass is 10.2. The summed E-state index contributed by atoms with van der Waals surface area (Å²) in [6.45, 7) is 3.66. The molecule has 3 rings (SSSR count). The first-order valence-corrected chi connectivity index (χ1v) is 11.6.